The molecule has 11 aromatic rings. The maximum absolute atomic E-state index is 2.62. The van der Waals surface area contributed by atoms with Crippen LogP contribution in [0.3, 0.4) is 0 Å². The largest absolute Gasteiger partial charge is 0.311 e. The van der Waals surface area contributed by atoms with Crippen molar-refractivity contribution >= 4 is 116 Å². The lowest BCUT2D eigenvalue weighted by atomic mass is 9.33. The van der Waals surface area contributed by atoms with Gasteiger partial charge in [0.1, 0.15) is 0 Å². The first-order chi connectivity index (χ1) is 34.8. The summed E-state index contributed by atoms with van der Waals surface area (Å²) in [7, 11) is -1.94. The number of nitrogens with zero attached hydrogens (tertiary/aromatic N) is 3. The van der Waals surface area contributed by atoms with Gasteiger partial charge in [-0.15, -0.1) is 21.4 Å². The third-order valence-electron chi connectivity index (χ3n) is 15.2. The van der Waals surface area contributed by atoms with Crippen LogP contribution in [0.25, 0.3) is 20.2 Å². The number of para-hydroxylation sites is 1. The molecule has 0 radical (unpaired) electrons. The van der Waals surface area contributed by atoms with Gasteiger partial charge in [0.05, 0.1) is 17.1 Å². The molecule has 3 aliphatic heterocycles. The molecule has 0 bridgehead atoms. The number of hydrogen-bond donors (Lipinski definition) is 0. The molecule has 3 aliphatic rings. The fourth-order valence-electron chi connectivity index (χ4n) is 12.4. The zero-order chi connectivity index (χ0) is 47.7. The highest BCUT2D eigenvalue weighted by atomic mass is 32.3. The molecule has 340 valence electrons. The Kier molecular flexibility index (Phi) is 9.42. The van der Waals surface area contributed by atoms with Crippen molar-refractivity contribution in [3.05, 3.63) is 240 Å². The summed E-state index contributed by atoms with van der Waals surface area (Å²) in [6, 6.07) is 81.0. The third-order valence-corrected chi connectivity index (χ3v) is 20.2. The molecular weight excluding hydrogens is 898 g/mol. The summed E-state index contributed by atoms with van der Waals surface area (Å²) in [5.74, 6) is 0. The van der Waals surface area contributed by atoms with Gasteiger partial charge in [0.15, 0.2) is 0 Å². The lowest BCUT2D eigenvalue weighted by Gasteiger charge is -2.50. The predicted molar refractivity (Wildman–Crippen MR) is 305 cm³/mol. The molecule has 0 unspecified atom stereocenters. The summed E-state index contributed by atoms with van der Waals surface area (Å²) in [5, 5.41) is 2.63. The number of rotatable bonds is 5. The number of benzene rings is 10. The average molecular weight is 948 g/mol. The Bertz CT molecular complexity index is 3860. The minimum absolute atomic E-state index is 0.0231. The van der Waals surface area contributed by atoms with E-state index in [4.69, 9.17) is 0 Å². The van der Waals surface area contributed by atoms with Crippen molar-refractivity contribution in [1.82, 2.24) is 0 Å². The molecule has 6 heteroatoms. The van der Waals surface area contributed by atoms with Gasteiger partial charge in [0, 0.05) is 68.5 Å². The molecule has 0 atom stereocenters. The zero-order valence-electron chi connectivity index (χ0n) is 40.4. The lowest BCUT2D eigenvalue weighted by molar-refractivity contribution is 1.10. The van der Waals surface area contributed by atoms with E-state index in [1.54, 1.807) is 0 Å². The number of hydrogen-bond acceptors (Lipinski definition) is 4. The number of fused-ring (bicyclic) bond motifs is 9. The predicted octanol–water partition coefficient (Wildman–Crippen LogP) is 16.8. The van der Waals surface area contributed by atoms with Crippen LogP contribution < -0.4 is 31.1 Å². The second kappa shape index (κ2) is 15.9. The Morgan fingerprint density at radius 1 is 0.366 bits per heavy atom. The molecule has 71 heavy (non-hydrogen) atoms. The maximum Gasteiger partial charge on any atom is 0.252 e. The topological polar surface area (TPSA) is 9.72 Å². The molecule has 0 fully saturated rings. The van der Waals surface area contributed by atoms with Crippen LogP contribution in [0.15, 0.2) is 232 Å². The van der Waals surface area contributed by atoms with Gasteiger partial charge in [-0.3, -0.25) is 0 Å². The van der Waals surface area contributed by atoms with Crippen molar-refractivity contribution in [2.75, 3.05) is 14.7 Å². The van der Waals surface area contributed by atoms with E-state index in [0.717, 1.165) is 11.4 Å². The highest BCUT2D eigenvalue weighted by Gasteiger charge is 2.46. The normalized spacial score (nSPS) is 14.4. The number of anilines is 9. The Hall–Kier alpha value is -7.77. The summed E-state index contributed by atoms with van der Waals surface area (Å²) in [6.07, 6.45) is 0. The molecule has 1 aromatic heterocycles. The minimum Gasteiger partial charge on any atom is -0.311 e. The van der Waals surface area contributed by atoms with E-state index in [0.29, 0.717) is 0 Å². The molecule has 0 amide bonds. The number of thiophene rings is 1. The quantitative estimate of drug-likeness (QED) is 0.159. The monoisotopic (exact) mass is 947 g/mol. The highest BCUT2D eigenvalue weighted by Crippen LogP contribution is 2.79. The molecule has 0 saturated heterocycles. The summed E-state index contributed by atoms with van der Waals surface area (Å²) >= 11 is 1.89. The third kappa shape index (κ3) is 6.11. The Morgan fingerprint density at radius 3 is 1.58 bits per heavy atom. The van der Waals surface area contributed by atoms with Crippen molar-refractivity contribution in [1.29, 1.82) is 0 Å². The van der Waals surface area contributed by atoms with E-state index in [9.17, 15) is 0 Å². The number of aryl methyl sites for hydroxylation is 5. The van der Waals surface area contributed by atoms with Crippen LogP contribution in [-0.2, 0) is 0 Å². The molecule has 0 spiro atoms. The van der Waals surface area contributed by atoms with Crippen LogP contribution in [0.2, 0.25) is 0 Å². The second-order valence-corrected chi connectivity index (χ2v) is 23.8. The summed E-state index contributed by atoms with van der Waals surface area (Å²) in [5.41, 5.74) is 21.1. The van der Waals surface area contributed by atoms with E-state index in [-0.39, 0.29) is 6.71 Å². The first-order valence-electron chi connectivity index (χ1n) is 24.7. The van der Waals surface area contributed by atoms with Gasteiger partial charge in [-0.05, 0) is 176 Å². The molecule has 14 rings (SSSR count). The molecule has 3 nitrogen and oxygen atoms in total. The Labute approximate surface area is 422 Å². The average Bonchev–Trinajstić information content (AvgIpc) is 3.76. The fraction of sp³-hybridized carbons (Fsp3) is 0.0769. The van der Waals surface area contributed by atoms with Gasteiger partial charge in [0.2, 0.25) is 0 Å². The van der Waals surface area contributed by atoms with Crippen LogP contribution in [-0.4, -0.2) is 6.71 Å². The van der Waals surface area contributed by atoms with Crippen molar-refractivity contribution in [2.24, 2.45) is 0 Å². The zero-order valence-corrected chi connectivity index (χ0v) is 42.1. The fourth-order valence-corrected chi connectivity index (χ4v) is 17.9. The summed E-state index contributed by atoms with van der Waals surface area (Å²) in [6.45, 7) is 11.3. The van der Waals surface area contributed by atoms with E-state index in [2.05, 4.69) is 262 Å². The SMILES string of the molecule is Cc1cc(C)c(N2c3cc(N4c5ccc(C)cc5S(c5ccccc5)(c5ccccc5)c5cc(C)ccc54)ccc3B3c4cc5c(cc4N(c4ccccc4)c4cccc2c43)sc2ccccc25)c(C)c1. The van der Waals surface area contributed by atoms with Crippen molar-refractivity contribution in [2.45, 2.75) is 54.2 Å². The van der Waals surface area contributed by atoms with E-state index < -0.39 is 10.0 Å². The van der Waals surface area contributed by atoms with Crippen LogP contribution >= 0.6 is 21.4 Å². The Balaban J connectivity index is 1.07. The molecule has 0 N–H and O–H groups in total. The van der Waals surface area contributed by atoms with Crippen molar-refractivity contribution in [3.63, 3.8) is 0 Å². The first kappa shape index (κ1) is 42.1. The van der Waals surface area contributed by atoms with Crippen LogP contribution in [0.1, 0.15) is 27.8 Å². The van der Waals surface area contributed by atoms with E-state index in [1.165, 1.54) is 124 Å². The van der Waals surface area contributed by atoms with Crippen LogP contribution in [0.4, 0.5) is 51.2 Å². The van der Waals surface area contributed by atoms with E-state index >= 15 is 0 Å². The summed E-state index contributed by atoms with van der Waals surface area (Å²) < 4.78 is 2.62. The van der Waals surface area contributed by atoms with Gasteiger partial charge in [-0.25, -0.2) is 0 Å². The van der Waals surface area contributed by atoms with E-state index in [1.807, 2.05) is 11.3 Å². The lowest BCUT2D eigenvalue weighted by Crippen LogP contribution is -2.61. The van der Waals surface area contributed by atoms with Gasteiger partial charge in [0.25, 0.3) is 6.71 Å². The van der Waals surface area contributed by atoms with Crippen molar-refractivity contribution < 1.29 is 0 Å². The smallest absolute Gasteiger partial charge is 0.252 e. The Morgan fingerprint density at radius 2 is 0.930 bits per heavy atom. The first-order valence-corrected chi connectivity index (χ1v) is 27.1. The van der Waals surface area contributed by atoms with Gasteiger partial charge in [-0.1, -0.05) is 121 Å². The van der Waals surface area contributed by atoms with Crippen LogP contribution in [0, 0.1) is 34.6 Å². The highest BCUT2D eigenvalue weighted by molar-refractivity contribution is 8.34. The molecule has 10 aromatic carbocycles. The standard InChI is InChI=1S/C65H50BN3S2/c1-41-28-32-54-62(36-41)71(48-20-11-7-12-21-48,49-22-13-8-14-23-49)63-37-42(2)29-33-55(63)68(54)47-30-31-52-58(38-47)69(65-44(4)34-43(3)35-45(65)5)57-26-17-25-56-64(57)66(52)53-39-51-50-24-15-16-27-60(50)70-61(51)40-59(53)67(56)46-18-9-6-10-19-46/h6-40H,1-5H3. The van der Waals surface area contributed by atoms with Gasteiger partial charge >= 0.3 is 0 Å². The maximum atomic E-state index is 2.62. The molecule has 0 aliphatic carbocycles. The van der Waals surface area contributed by atoms with Gasteiger partial charge < -0.3 is 14.7 Å². The van der Waals surface area contributed by atoms with Gasteiger partial charge in [-0.2, -0.15) is 0 Å². The second-order valence-electron chi connectivity index (χ2n) is 19.7. The van der Waals surface area contributed by atoms with Crippen molar-refractivity contribution in [3.8, 4) is 0 Å². The molecular formula is C65H50BN3S2. The molecule has 0 saturated carbocycles. The summed E-state index contributed by atoms with van der Waals surface area (Å²) in [4.78, 5) is 13.1. The minimum atomic E-state index is -1.94. The van der Waals surface area contributed by atoms with Crippen LogP contribution in [0.5, 0.6) is 0 Å². The molecule has 4 heterocycles.